The van der Waals surface area contributed by atoms with Gasteiger partial charge >= 0.3 is 12.1 Å². The van der Waals surface area contributed by atoms with E-state index in [9.17, 15) is 23.1 Å². The third-order valence-electron chi connectivity index (χ3n) is 5.75. The van der Waals surface area contributed by atoms with Crippen LogP contribution in [0.5, 0.6) is 0 Å². The van der Waals surface area contributed by atoms with Crippen LogP contribution in [0.3, 0.4) is 0 Å². The number of rotatable bonds is 9. The highest BCUT2D eigenvalue weighted by molar-refractivity contribution is 5.90. The Morgan fingerprint density at radius 3 is 2.50 bits per heavy atom. The van der Waals surface area contributed by atoms with Crippen LogP contribution in [0, 0.1) is 6.92 Å². The van der Waals surface area contributed by atoms with Crippen molar-refractivity contribution >= 4 is 17.2 Å². The molecule has 1 aromatic carbocycles. The molecule has 0 amide bonds. The van der Waals surface area contributed by atoms with E-state index in [0.717, 1.165) is 40.9 Å². The minimum absolute atomic E-state index is 0.219. The summed E-state index contributed by atoms with van der Waals surface area (Å²) in [5.74, 6) is -0.999. The van der Waals surface area contributed by atoms with Gasteiger partial charge in [0.05, 0.1) is 23.4 Å². The molecule has 0 saturated carbocycles. The number of nitrogens with zero attached hydrogens (tertiary/aromatic N) is 2. The minimum atomic E-state index is -4.27. The number of allylic oxidation sites excluding steroid dienone is 4. The van der Waals surface area contributed by atoms with Crippen molar-refractivity contribution in [2.45, 2.75) is 46.2 Å². The van der Waals surface area contributed by atoms with E-state index in [0.29, 0.717) is 11.3 Å². The van der Waals surface area contributed by atoms with Gasteiger partial charge in [-0.2, -0.15) is 13.2 Å². The summed E-state index contributed by atoms with van der Waals surface area (Å²) in [6, 6.07) is 8.82. The number of hydrogen-bond donors (Lipinski definition) is 2. The molecule has 1 aliphatic rings. The van der Waals surface area contributed by atoms with Gasteiger partial charge in [0.1, 0.15) is 0 Å². The predicted molar refractivity (Wildman–Crippen MR) is 136 cm³/mol. The number of halogens is 3. The summed E-state index contributed by atoms with van der Waals surface area (Å²) in [7, 11) is 0. The zero-order chi connectivity index (χ0) is 26.3. The molecule has 0 spiro atoms. The average Bonchev–Trinajstić information content (AvgIpc) is 2.83. The highest BCUT2D eigenvalue weighted by atomic mass is 19.4. The van der Waals surface area contributed by atoms with Gasteiger partial charge in [-0.15, -0.1) is 0 Å². The van der Waals surface area contributed by atoms with Gasteiger partial charge in [0.2, 0.25) is 0 Å². The third kappa shape index (κ3) is 6.65. The highest BCUT2D eigenvalue weighted by Gasteiger charge is 2.28. The molecule has 3 rings (SSSR count). The summed E-state index contributed by atoms with van der Waals surface area (Å²) >= 11 is 0. The van der Waals surface area contributed by atoms with Gasteiger partial charge in [-0.05, 0) is 67.3 Å². The Morgan fingerprint density at radius 2 is 1.92 bits per heavy atom. The normalized spacial score (nSPS) is 15.6. The summed E-state index contributed by atoms with van der Waals surface area (Å²) in [6.45, 7) is 5.40. The number of aromatic nitrogens is 1. The molecule has 5 nitrogen and oxygen atoms in total. The zero-order valence-electron chi connectivity index (χ0n) is 20.6. The number of hydrogen-bond acceptors (Lipinski definition) is 4. The van der Waals surface area contributed by atoms with Gasteiger partial charge in [-0.25, -0.2) is 4.79 Å². The fourth-order valence-electron chi connectivity index (χ4n) is 3.98. The molecule has 0 saturated heterocycles. The Balaban J connectivity index is 2.11. The van der Waals surface area contributed by atoms with Gasteiger partial charge in [-0.3, -0.25) is 4.98 Å². The Morgan fingerprint density at radius 1 is 1.19 bits per heavy atom. The van der Waals surface area contributed by atoms with Crippen molar-refractivity contribution in [3.63, 3.8) is 0 Å². The second kappa shape index (κ2) is 11.7. The number of carboxylic acid groups (broad SMARTS) is 1. The van der Waals surface area contributed by atoms with Gasteiger partial charge in [0.25, 0.3) is 0 Å². The van der Waals surface area contributed by atoms with E-state index in [2.05, 4.69) is 10.3 Å². The smallest absolute Gasteiger partial charge is 0.390 e. The number of benzene rings is 1. The molecule has 36 heavy (non-hydrogen) atoms. The van der Waals surface area contributed by atoms with Crippen LogP contribution in [0.15, 0.2) is 78.5 Å². The number of unbranched alkanes of at least 4 members (excludes halogenated alkanes) is 1. The molecule has 0 bridgehead atoms. The molecule has 0 unspecified atom stereocenters. The molecular weight excluding hydrogens is 467 g/mol. The molecular formula is C28H30F3N3O2. The molecule has 190 valence electrons. The van der Waals surface area contributed by atoms with E-state index in [1.165, 1.54) is 0 Å². The fraction of sp³-hybridized carbons (Fsp3) is 0.286. The lowest BCUT2D eigenvalue weighted by atomic mass is 9.98. The SMILES string of the molecule is C/C=C(/c1ccc(C(=O)O)c(C)c1)N1C=C(c2ccncc2)C=C(NCCC(F)(F)F)/C1=C\CCC. The molecule has 0 fully saturated rings. The van der Waals surface area contributed by atoms with Crippen LogP contribution >= 0.6 is 0 Å². The maximum absolute atomic E-state index is 12.9. The van der Waals surface area contributed by atoms with Crippen LogP contribution in [-0.4, -0.2) is 33.7 Å². The summed E-state index contributed by atoms with van der Waals surface area (Å²) in [6.07, 6.45) is 7.43. The first kappa shape index (κ1) is 26.8. The van der Waals surface area contributed by atoms with E-state index in [1.54, 1.807) is 31.5 Å². The van der Waals surface area contributed by atoms with Gasteiger partial charge in [-0.1, -0.05) is 31.6 Å². The van der Waals surface area contributed by atoms with Crippen molar-refractivity contribution in [1.82, 2.24) is 15.2 Å². The Labute approximate surface area is 209 Å². The Kier molecular flexibility index (Phi) is 8.74. The standard InChI is InChI=1S/C28H30F3N3O2/c1-4-6-7-26-24(33-15-12-28(29,30)31)17-22(20-10-13-32-14-11-20)18-34(26)25(5-2)21-8-9-23(27(35)36)19(3)16-21/h5,7-11,13-14,16-18,33H,4,6,12,15H2,1-3H3,(H,35,36)/b25-5-,26-7+. The number of nitrogens with one attached hydrogen (secondary N) is 1. The van der Waals surface area contributed by atoms with E-state index in [4.69, 9.17) is 0 Å². The predicted octanol–water partition coefficient (Wildman–Crippen LogP) is 6.92. The lowest BCUT2D eigenvalue weighted by molar-refractivity contribution is -0.133. The van der Waals surface area contributed by atoms with Gasteiger partial charge in [0.15, 0.2) is 0 Å². The lowest BCUT2D eigenvalue weighted by Crippen LogP contribution is -2.29. The monoisotopic (exact) mass is 497 g/mol. The van der Waals surface area contributed by atoms with Crippen LogP contribution in [0.25, 0.3) is 11.3 Å². The van der Waals surface area contributed by atoms with Crippen LogP contribution < -0.4 is 5.32 Å². The quantitative estimate of drug-likeness (QED) is 0.394. The Hall–Kier alpha value is -3.81. The second-order valence-corrected chi connectivity index (χ2v) is 8.43. The molecule has 1 aromatic heterocycles. The molecule has 0 atom stereocenters. The number of carboxylic acids is 1. The number of pyridine rings is 1. The highest BCUT2D eigenvalue weighted by Crippen LogP contribution is 2.35. The van der Waals surface area contributed by atoms with Crippen molar-refractivity contribution in [2.24, 2.45) is 0 Å². The molecule has 0 aliphatic carbocycles. The first-order valence-corrected chi connectivity index (χ1v) is 11.8. The fourth-order valence-corrected chi connectivity index (χ4v) is 3.98. The first-order valence-electron chi connectivity index (χ1n) is 11.8. The van der Waals surface area contributed by atoms with Gasteiger partial charge < -0.3 is 15.3 Å². The number of aryl methyl sites for hydroxylation is 1. The minimum Gasteiger partial charge on any atom is -0.478 e. The van der Waals surface area contributed by atoms with Crippen LogP contribution in [0.2, 0.25) is 0 Å². The van der Waals surface area contributed by atoms with E-state index < -0.39 is 18.6 Å². The number of aromatic carboxylic acids is 1. The van der Waals surface area contributed by atoms with Crippen molar-refractivity contribution in [1.29, 1.82) is 0 Å². The second-order valence-electron chi connectivity index (χ2n) is 8.43. The van der Waals surface area contributed by atoms with Crippen molar-refractivity contribution < 1.29 is 23.1 Å². The lowest BCUT2D eigenvalue weighted by Gasteiger charge is -2.33. The summed E-state index contributed by atoms with van der Waals surface area (Å²) in [5, 5.41) is 12.4. The summed E-state index contributed by atoms with van der Waals surface area (Å²) in [5.41, 5.74) is 5.41. The van der Waals surface area contributed by atoms with Crippen LogP contribution in [0.4, 0.5) is 13.2 Å². The van der Waals surface area contributed by atoms with Gasteiger partial charge in [0, 0.05) is 36.4 Å². The molecule has 0 radical (unpaired) electrons. The van der Waals surface area contributed by atoms with Crippen molar-refractivity contribution in [3.05, 3.63) is 101 Å². The molecule has 8 heteroatoms. The number of alkyl halides is 3. The van der Waals surface area contributed by atoms with Crippen molar-refractivity contribution in [2.75, 3.05) is 6.54 Å². The first-order chi connectivity index (χ1) is 17.1. The molecule has 2 heterocycles. The van der Waals surface area contributed by atoms with Crippen LogP contribution in [-0.2, 0) is 0 Å². The number of carbonyl (C=O) groups is 1. The van der Waals surface area contributed by atoms with Crippen LogP contribution in [0.1, 0.15) is 60.2 Å². The largest absolute Gasteiger partial charge is 0.478 e. The molecule has 1 aliphatic heterocycles. The van der Waals surface area contributed by atoms with E-state index in [1.807, 2.05) is 61.4 Å². The zero-order valence-corrected chi connectivity index (χ0v) is 20.6. The average molecular weight is 498 g/mol. The maximum atomic E-state index is 12.9. The van der Waals surface area contributed by atoms with Crippen molar-refractivity contribution in [3.8, 4) is 0 Å². The molecule has 2 aromatic rings. The van der Waals surface area contributed by atoms with E-state index in [-0.39, 0.29) is 12.1 Å². The Bertz CT molecular complexity index is 1210. The maximum Gasteiger partial charge on any atom is 0.390 e. The third-order valence-corrected chi connectivity index (χ3v) is 5.75. The van der Waals surface area contributed by atoms with E-state index >= 15 is 0 Å². The summed E-state index contributed by atoms with van der Waals surface area (Å²) < 4.78 is 38.7. The summed E-state index contributed by atoms with van der Waals surface area (Å²) in [4.78, 5) is 17.5. The topological polar surface area (TPSA) is 65.5 Å². The molecule has 2 N–H and O–H groups in total.